The van der Waals surface area contributed by atoms with E-state index in [9.17, 15) is 4.79 Å². The van der Waals surface area contributed by atoms with Gasteiger partial charge in [-0.2, -0.15) is 0 Å². The number of hydrogen-bond donors (Lipinski definition) is 1. The Morgan fingerprint density at radius 2 is 1.84 bits per heavy atom. The SMILES string of the molecule is Cc1ccc(SCCOc2ccc(-c3nc4sc5c(c4c(=O)[nH]3)CCCC5)cc2)cc1. The number of H-pyrrole nitrogens is 1. The van der Waals surface area contributed by atoms with Crippen LogP contribution in [0.15, 0.2) is 58.2 Å². The summed E-state index contributed by atoms with van der Waals surface area (Å²) >= 11 is 3.47. The van der Waals surface area contributed by atoms with Gasteiger partial charge in [0.15, 0.2) is 0 Å². The summed E-state index contributed by atoms with van der Waals surface area (Å²) in [5.41, 5.74) is 3.37. The van der Waals surface area contributed by atoms with Crippen LogP contribution in [0.2, 0.25) is 0 Å². The van der Waals surface area contributed by atoms with Crippen LogP contribution >= 0.6 is 23.1 Å². The number of aromatic nitrogens is 2. The van der Waals surface area contributed by atoms with E-state index >= 15 is 0 Å². The van der Waals surface area contributed by atoms with Gasteiger partial charge in [-0.3, -0.25) is 4.79 Å². The van der Waals surface area contributed by atoms with Gasteiger partial charge in [0.2, 0.25) is 0 Å². The number of benzene rings is 2. The van der Waals surface area contributed by atoms with E-state index in [2.05, 4.69) is 36.2 Å². The van der Waals surface area contributed by atoms with Crippen LogP contribution in [0, 0.1) is 6.92 Å². The first-order valence-corrected chi connectivity index (χ1v) is 12.4. The molecule has 1 N–H and O–H groups in total. The highest BCUT2D eigenvalue weighted by Gasteiger charge is 2.20. The van der Waals surface area contributed by atoms with E-state index in [4.69, 9.17) is 9.72 Å². The molecule has 4 aromatic rings. The quantitative estimate of drug-likeness (QED) is 0.290. The molecule has 0 spiro atoms. The highest BCUT2D eigenvalue weighted by Crippen LogP contribution is 2.34. The summed E-state index contributed by atoms with van der Waals surface area (Å²) in [6.45, 7) is 2.73. The minimum Gasteiger partial charge on any atom is -0.493 e. The summed E-state index contributed by atoms with van der Waals surface area (Å²) in [6.07, 6.45) is 4.42. The minimum atomic E-state index is -0.0205. The van der Waals surface area contributed by atoms with E-state index in [0.717, 1.165) is 46.5 Å². The van der Waals surface area contributed by atoms with Crippen LogP contribution in [0.25, 0.3) is 21.6 Å². The summed E-state index contributed by atoms with van der Waals surface area (Å²) in [5.74, 6) is 2.33. The zero-order chi connectivity index (χ0) is 21.2. The lowest BCUT2D eigenvalue weighted by Crippen LogP contribution is -2.11. The smallest absolute Gasteiger partial charge is 0.260 e. The maximum atomic E-state index is 12.8. The highest BCUT2D eigenvalue weighted by atomic mass is 32.2. The average molecular weight is 449 g/mol. The predicted molar refractivity (Wildman–Crippen MR) is 130 cm³/mol. The van der Waals surface area contributed by atoms with Gasteiger partial charge in [0.1, 0.15) is 16.4 Å². The average Bonchev–Trinajstić information content (AvgIpc) is 3.17. The number of thioether (sulfide) groups is 1. The second-order valence-corrected chi connectivity index (χ2v) is 10.1. The molecule has 0 atom stereocenters. The van der Waals surface area contributed by atoms with Crippen molar-refractivity contribution in [3.8, 4) is 17.1 Å². The third-order valence-corrected chi connectivity index (χ3v) is 7.76. The Morgan fingerprint density at radius 1 is 1.06 bits per heavy atom. The van der Waals surface area contributed by atoms with Gasteiger partial charge < -0.3 is 9.72 Å². The van der Waals surface area contributed by atoms with Crippen molar-refractivity contribution in [2.24, 2.45) is 0 Å². The van der Waals surface area contributed by atoms with E-state index in [1.54, 1.807) is 23.1 Å². The fourth-order valence-corrected chi connectivity index (χ4v) is 5.96. The van der Waals surface area contributed by atoms with E-state index in [-0.39, 0.29) is 5.56 Å². The zero-order valence-corrected chi connectivity index (χ0v) is 19.1. The van der Waals surface area contributed by atoms with Crippen LogP contribution < -0.4 is 10.3 Å². The molecular formula is C25H24N2O2S2. The first-order valence-electron chi connectivity index (χ1n) is 10.6. The van der Waals surface area contributed by atoms with Crippen molar-refractivity contribution in [2.45, 2.75) is 37.5 Å². The Balaban J connectivity index is 1.26. The van der Waals surface area contributed by atoms with Gasteiger partial charge in [0.05, 0.1) is 12.0 Å². The van der Waals surface area contributed by atoms with E-state index in [1.807, 2.05) is 24.3 Å². The first kappa shape index (κ1) is 20.3. The maximum absolute atomic E-state index is 12.8. The molecular weight excluding hydrogens is 424 g/mol. The summed E-state index contributed by atoms with van der Waals surface area (Å²) in [4.78, 5) is 24.0. The normalized spacial score (nSPS) is 13.3. The van der Waals surface area contributed by atoms with Crippen LogP contribution in [0.3, 0.4) is 0 Å². The summed E-state index contributed by atoms with van der Waals surface area (Å²) in [7, 11) is 0. The number of fused-ring (bicyclic) bond motifs is 3. The third-order valence-electron chi connectivity index (χ3n) is 5.59. The lowest BCUT2D eigenvalue weighted by Gasteiger charge is -2.09. The Morgan fingerprint density at radius 3 is 2.65 bits per heavy atom. The molecule has 0 aliphatic heterocycles. The Hall–Kier alpha value is -2.57. The third kappa shape index (κ3) is 4.41. The lowest BCUT2D eigenvalue weighted by atomic mass is 9.97. The Kier molecular flexibility index (Phi) is 5.83. The number of thiophene rings is 1. The molecule has 0 bridgehead atoms. The van der Waals surface area contributed by atoms with Crippen LogP contribution in [0.5, 0.6) is 5.75 Å². The van der Waals surface area contributed by atoms with E-state index < -0.39 is 0 Å². The molecule has 5 rings (SSSR count). The fourth-order valence-electron chi connectivity index (χ4n) is 3.96. The minimum absolute atomic E-state index is 0.0205. The van der Waals surface area contributed by atoms with Crippen molar-refractivity contribution < 1.29 is 4.74 Å². The van der Waals surface area contributed by atoms with Gasteiger partial charge in [-0.1, -0.05) is 17.7 Å². The predicted octanol–water partition coefficient (Wildman–Crippen LogP) is 6.01. The molecule has 158 valence electrons. The van der Waals surface area contributed by atoms with Crippen molar-refractivity contribution in [2.75, 3.05) is 12.4 Å². The largest absolute Gasteiger partial charge is 0.493 e. The molecule has 0 saturated carbocycles. The molecule has 6 heteroatoms. The number of ether oxygens (including phenoxy) is 1. The number of rotatable bonds is 6. The molecule has 0 radical (unpaired) electrons. The van der Waals surface area contributed by atoms with Gasteiger partial charge in [-0.15, -0.1) is 23.1 Å². The second-order valence-electron chi connectivity index (χ2n) is 7.84. The molecule has 1 aliphatic carbocycles. The molecule has 2 aromatic heterocycles. The van der Waals surface area contributed by atoms with Gasteiger partial charge in [-0.25, -0.2) is 4.98 Å². The molecule has 0 unspecified atom stereocenters. The van der Waals surface area contributed by atoms with Gasteiger partial charge in [0, 0.05) is 21.1 Å². The Labute approximate surface area is 189 Å². The summed E-state index contributed by atoms with van der Waals surface area (Å²) < 4.78 is 5.88. The van der Waals surface area contributed by atoms with Crippen LogP contribution in [0.1, 0.15) is 28.8 Å². The van der Waals surface area contributed by atoms with Crippen molar-refractivity contribution in [1.29, 1.82) is 0 Å². The van der Waals surface area contributed by atoms with Crippen molar-refractivity contribution in [3.05, 3.63) is 74.9 Å². The number of aryl methyl sites for hydroxylation is 3. The van der Waals surface area contributed by atoms with E-state index in [0.29, 0.717) is 12.4 Å². The van der Waals surface area contributed by atoms with E-state index in [1.165, 1.54) is 27.3 Å². The molecule has 4 nitrogen and oxygen atoms in total. The zero-order valence-electron chi connectivity index (χ0n) is 17.4. The standard InChI is InChI=1S/C25H24N2O2S2/c1-16-6-12-19(13-7-16)30-15-14-29-18-10-8-17(9-11-18)23-26-24(28)22-20-4-2-3-5-21(20)31-25(22)27-23/h6-13H,2-5,14-15H2,1H3,(H,26,27,28). The Bertz CT molecular complexity index is 1260. The number of aromatic amines is 1. The lowest BCUT2D eigenvalue weighted by molar-refractivity contribution is 0.344. The molecule has 2 aromatic carbocycles. The first-order chi connectivity index (χ1) is 15.2. The molecule has 0 amide bonds. The molecule has 1 aliphatic rings. The van der Waals surface area contributed by atoms with Crippen molar-refractivity contribution in [1.82, 2.24) is 9.97 Å². The fraction of sp³-hybridized carbons (Fsp3) is 0.280. The van der Waals surface area contributed by atoms with Gasteiger partial charge >= 0.3 is 0 Å². The maximum Gasteiger partial charge on any atom is 0.260 e. The van der Waals surface area contributed by atoms with Crippen LogP contribution in [-0.2, 0) is 12.8 Å². The van der Waals surface area contributed by atoms with Crippen molar-refractivity contribution in [3.63, 3.8) is 0 Å². The second kappa shape index (κ2) is 8.89. The van der Waals surface area contributed by atoms with Gasteiger partial charge in [0.25, 0.3) is 5.56 Å². The van der Waals surface area contributed by atoms with Crippen LogP contribution in [0.4, 0.5) is 0 Å². The molecule has 2 heterocycles. The molecule has 0 fully saturated rings. The molecule has 0 saturated heterocycles. The summed E-state index contributed by atoms with van der Waals surface area (Å²) in [5, 5.41) is 0.800. The number of nitrogens with zero attached hydrogens (tertiary/aromatic N) is 1. The van der Waals surface area contributed by atoms with Gasteiger partial charge in [-0.05, 0) is 74.6 Å². The topological polar surface area (TPSA) is 55.0 Å². The monoisotopic (exact) mass is 448 g/mol. The molecule has 31 heavy (non-hydrogen) atoms. The summed E-state index contributed by atoms with van der Waals surface area (Å²) in [6, 6.07) is 16.3. The van der Waals surface area contributed by atoms with Crippen LogP contribution in [-0.4, -0.2) is 22.3 Å². The number of nitrogens with one attached hydrogen (secondary N) is 1. The van der Waals surface area contributed by atoms with Crippen molar-refractivity contribution >= 4 is 33.3 Å². The number of hydrogen-bond acceptors (Lipinski definition) is 5. The highest BCUT2D eigenvalue weighted by molar-refractivity contribution is 7.99.